The molecule has 0 N–H and O–H groups in total. The largest absolute Gasteiger partial charge is 0.337 e. The van der Waals surface area contributed by atoms with Crippen LogP contribution in [0.5, 0.6) is 0 Å². The number of hydrogen-bond acceptors (Lipinski definition) is 1. The van der Waals surface area contributed by atoms with Gasteiger partial charge in [0.1, 0.15) is 0 Å². The van der Waals surface area contributed by atoms with E-state index >= 15 is 0 Å². The normalized spacial score (nSPS) is 20.0. The summed E-state index contributed by atoms with van der Waals surface area (Å²) in [6.45, 7) is 2.11. The Hall–Kier alpha value is -1.31. The van der Waals surface area contributed by atoms with E-state index in [1.807, 2.05) is 0 Å². The first-order chi connectivity index (χ1) is 11.7. The van der Waals surface area contributed by atoms with Gasteiger partial charge in [0.25, 0.3) is 0 Å². The third-order valence-corrected chi connectivity index (χ3v) is 5.97. The average Bonchev–Trinajstić information content (AvgIpc) is 2.63. The quantitative estimate of drug-likeness (QED) is 0.707. The van der Waals surface area contributed by atoms with Gasteiger partial charge in [0.05, 0.1) is 0 Å². The Kier molecular flexibility index (Phi) is 6.34. The molecule has 2 fully saturated rings. The number of aryl methyl sites for hydroxylation is 2. The van der Waals surface area contributed by atoms with Crippen molar-refractivity contribution in [2.45, 2.75) is 96.1 Å². The Morgan fingerprint density at radius 2 is 1.38 bits per heavy atom. The molecule has 1 aromatic carbocycles. The number of hydrogen-bond donors (Lipinski definition) is 0. The number of amides is 1. The highest BCUT2D eigenvalue weighted by molar-refractivity contribution is 5.77. The third-order valence-electron chi connectivity index (χ3n) is 5.97. The van der Waals surface area contributed by atoms with Gasteiger partial charge in [-0.05, 0) is 44.6 Å². The van der Waals surface area contributed by atoms with Crippen molar-refractivity contribution in [2.75, 3.05) is 0 Å². The van der Waals surface area contributed by atoms with Crippen LogP contribution >= 0.6 is 0 Å². The summed E-state index contributed by atoms with van der Waals surface area (Å²) in [5.41, 5.74) is 2.58. The molecule has 132 valence electrons. The molecular weight excluding hydrogens is 294 g/mol. The minimum absolute atomic E-state index is 0.411. The summed E-state index contributed by atoms with van der Waals surface area (Å²) in [6.07, 6.45) is 14.4. The molecule has 2 aliphatic carbocycles. The van der Waals surface area contributed by atoms with E-state index in [4.69, 9.17) is 0 Å². The molecule has 2 saturated carbocycles. The van der Waals surface area contributed by atoms with Gasteiger partial charge >= 0.3 is 0 Å². The number of rotatable bonds is 5. The first-order valence-electron chi connectivity index (χ1n) is 10.1. The van der Waals surface area contributed by atoms with Crippen LogP contribution < -0.4 is 0 Å². The van der Waals surface area contributed by atoms with Crippen molar-refractivity contribution < 1.29 is 4.79 Å². The fourth-order valence-corrected chi connectivity index (χ4v) is 4.56. The van der Waals surface area contributed by atoms with Crippen molar-refractivity contribution >= 4 is 5.91 Å². The van der Waals surface area contributed by atoms with E-state index in [0.717, 1.165) is 6.42 Å². The molecule has 0 atom stereocenters. The zero-order valence-electron chi connectivity index (χ0n) is 15.3. The highest BCUT2D eigenvalue weighted by atomic mass is 16.2. The molecule has 1 aromatic rings. The number of carbonyl (C=O) groups excluding carboxylic acids is 1. The lowest BCUT2D eigenvalue weighted by Gasteiger charge is -2.42. The van der Waals surface area contributed by atoms with Crippen LogP contribution in [-0.4, -0.2) is 22.9 Å². The summed E-state index contributed by atoms with van der Waals surface area (Å²) in [5, 5.41) is 0. The molecule has 1 amide bonds. The zero-order chi connectivity index (χ0) is 16.8. The van der Waals surface area contributed by atoms with Gasteiger partial charge in [0, 0.05) is 18.5 Å². The molecular formula is C22H33NO. The fourth-order valence-electron chi connectivity index (χ4n) is 4.56. The van der Waals surface area contributed by atoms with Crippen molar-refractivity contribution in [1.82, 2.24) is 4.90 Å². The van der Waals surface area contributed by atoms with E-state index in [0.29, 0.717) is 24.4 Å². The van der Waals surface area contributed by atoms with Gasteiger partial charge in [0.15, 0.2) is 0 Å². The van der Waals surface area contributed by atoms with Gasteiger partial charge in [-0.1, -0.05) is 68.4 Å². The second-order valence-corrected chi connectivity index (χ2v) is 7.87. The second kappa shape index (κ2) is 8.69. The van der Waals surface area contributed by atoms with E-state index in [1.54, 1.807) is 0 Å². The lowest BCUT2D eigenvalue weighted by atomic mass is 9.88. The van der Waals surface area contributed by atoms with Crippen LogP contribution in [0.1, 0.15) is 81.8 Å². The molecule has 0 aromatic heterocycles. The molecule has 0 spiro atoms. The summed E-state index contributed by atoms with van der Waals surface area (Å²) in [5.74, 6) is 0.411. The Morgan fingerprint density at radius 1 is 0.875 bits per heavy atom. The van der Waals surface area contributed by atoms with Gasteiger partial charge in [-0.25, -0.2) is 0 Å². The molecule has 0 radical (unpaired) electrons. The monoisotopic (exact) mass is 327 g/mol. The van der Waals surface area contributed by atoms with Gasteiger partial charge < -0.3 is 4.90 Å². The average molecular weight is 328 g/mol. The van der Waals surface area contributed by atoms with E-state index in [9.17, 15) is 4.79 Å². The lowest BCUT2D eigenvalue weighted by Crippen LogP contribution is -2.48. The molecule has 0 bridgehead atoms. The van der Waals surface area contributed by atoms with Crippen molar-refractivity contribution in [2.24, 2.45) is 0 Å². The van der Waals surface area contributed by atoms with E-state index in [2.05, 4.69) is 36.1 Å². The highest BCUT2D eigenvalue weighted by Crippen LogP contribution is 2.31. The van der Waals surface area contributed by atoms with E-state index < -0.39 is 0 Å². The van der Waals surface area contributed by atoms with Crippen LogP contribution in [-0.2, 0) is 11.2 Å². The first kappa shape index (κ1) is 17.5. The Labute approximate surface area is 147 Å². The van der Waals surface area contributed by atoms with E-state index in [-0.39, 0.29) is 0 Å². The maximum Gasteiger partial charge on any atom is 0.223 e. The highest BCUT2D eigenvalue weighted by Gasteiger charge is 2.31. The number of nitrogens with zero attached hydrogens (tertiary/aromatic N) is 1. The molecule has 0 aliphatic heterocycles. The maximum absolute atomic E-state index is 13.1. The van der Waals surface area contributed by atoms with Crippen LogP contribution in [0.4, 0.5) is 0 Å². The predicted octanol–water partition coefficient (Wildman–Crippen LogP) is 5.42. The van der Waals surface area contributed by atoms with Crippen LogP contribution in [0.3, 0.4) is 0 Å². The van der Waals surface area contributed by atoms with Crippen LogP contribution in [0.15, 0.2) is 24.3 Å². The minimum atomic E-state index is 0.411. The molecule has 2 heteroatoms. The van der Waals surface area contributed by atoms with Gasteiger partial charge in [-0.15, -0.1) is 0 Å². The molecule has 0 unspecified atom stereocenters. The smallest absolute Gasteiger partial charge is 0.223 e. The standard InChI is InChI=1S/C22H33NO/c1-18-12-14-19(15-13-18)16-17-22(24)23(20-8-4-2-5-9-20)21-10-6-3-7-11-21/h12-15,20-21H,2-11,16-17H2,1H3. The summed E-state index contributed by atoms with van der Waals surface area (Å²) in [7, 11) is 0. The zero-order valence-corrected chi connectivity index (χ0v) is 15.3. The summed E-state index contributed by atoms with van der Waals surface area (Å²) in [4.78, 5) is 15.5. The lowest BCUT2D eigenvalue weighted by molar-refractivity contribution is -0.138. The van der Waals surface area contributed by atoms with Crippen LogP contribution in [0, 0.1) is 6.92 Å². The maximum atomic E-state index is 13.1. The molecule has 0 heterocycles. The summed E-state index contributed by atoms with van der Waals surface area (Å²) in [6, 6.07) is 9.70. The van der Waals surface area contributed by atoms with E-state index in [1.165, 1.54) is 75.3 Å². The second-order valence-electron chi connectivity index (χ2n) is 7.87. The van der Waals surface area contributed by atoms with Crippen LogP contribution in [0.25, 0.3) is 0 Å². The van der Waals surface area contributed by atoms with Crippen LogP contribution in [0.2, 0.25) is 0 Å². The molecule has 0 saturated heterocycles. The van der Waals surface area contributed by atoms with Crippen molar-refractivity contribution in [1.29, 1.82) is 0 Å². The Balaban J connectivity index is 1.64. The van der Waals surface area contributed by atoms with Crippen molar-refractivity contribution in [3.8, 4) is 0 Å². The van der Waals surface area contributed by atoms with Crippen molar-refractivity contribution in [3.05, 3.63) is 35.4 Å². The summed E-state index contributed by atoms with van der Waals surface area (Å²) >= 11 is 0. The number of carbonyl (C=O) groups is 1. The van der Waals surface area contributed by atoms with Crippen molar-refractivity contribution in [3.63, 3.8) is 0 Å². The topological polar surface area (TPSA) is 20.3 Å². The SMILES string of the molecule is Cc1ccc(CCC(=O)N(C2CCCCC2)C2CCCCC2)cc1. The first-order valence-corrected chi connectivity index (χ1v) is 10.1. The van der Waals surface area contributed by atoms with Gasteiger partial charge in [0.2, 0.25) is 5.91 Å². The molecule has 24 heavy (non-hydrogen) atoms. The van der Waals surface area contributed by atoms with Gasteiger partial charge in [-0.3, -0.25) is 4.79 Å². The fraction of sp³-hybridized carbons (Fsp3) is 0.682. The molecule has 3 rings (SSSR count). The minimum Gasteiger partial charge on any atom is -0.337 e. The Morgan fingerprint density at radius 3 is 1.88 bits per heavy atom. The molecule has 2 aliphatic rings. The number of benzene rings is 1. The third kappa shape index (κ3) is 4.62. The van der Waals surface area contributed by atoms with Gasteiger partial charge in [-0.2, -0.15) is 0 Å². The predicted molar refractivity (Wildman–Crippen MR) is 100 cm³/mol. The summed E-state index contributed by atoms with van der Waals surface area (Å²) < 4.78 is 0. The molecule has 2 nitrogen and oxygen atoms in total. The Bertz CT molecular complexity index is 491.